The zero-order chi connectivity index (χ0) is 18.8. The van der Waals surface area contributed by atoms with Crippen LogP contribution in [0.3, 0.4) is 0 Å². The molecule has 2 unspecified atom stereocenters. The molecule has 1 aromatic rings. The topological polar surface area (TPSA) is 110 Å². The average molecular weight is 357 g/mol. The molecule has 1 aromatic carbocycles. The fourth-order valence-corrected chi connectivity index (χ4v) is 3.34. The van der Waals surface area contributed by atoms with Crippen LogP contribution >= 0.6 is 0 Å². The SMILES string of the molecule is CC(C(=O)NCC1CC=CCC1)N1C(=O)c2cccc([N+](=O)[O-])c2C1=O. The molecule has 3 rings (SSSR count). The molecule has 0 radical (unpaired) electrons. The number of imide groups is 1. The van der Waals surface area contributed by atoms with E-state index in [4.69, 9.17) is 0 Å². The van der Waals surface area contributed by atoms with Gasteiger partial charge >= 0.3 is 0 Å². The number of carbonyl (C=O) groups is 3. The van der Waals surface area contributed by atoms with Gasteiger partial charge in [-0.15, -0.1) is 0 Å². The quantitative estimate of drug-likeness (QED) is 0.375. The Labute approximate surface area is 150 Å². The monoisotopic (exact) mass is 357 g/mol. The van der Waals surface area contributed by atoms with Gasteiger partial charge in [0.05, 0.1) is 10.5 Å². The number of amides is 3. The molecule has 2 aliphatic rings. The van der Waals surface area contributed by atoms with Crippen LogP contribution in [-0.2, 0) is 4.79 Å². The molecule has 0 spiro atoms. The molecular formula is C18H19N3O5. The van der Waals surface area contributed by atoms with Crippen molar-refractivity contribution < 1.29 is 19.3 Å². The predicted molar refractivity (Wildman–Crippen MR) is 92.5 cm³/mol. The molecule has 0 bridgehead atoms. The van der Waals surface area contributed by atoms with E-state index in [1.807, 2.05) is 0 Å². The molecular weight excluding hydrogens is 338 g/mol. The molecule has 2 atom stereocenters. The van der Waals surface area contributed by atoms with Crippen LogP contribution in [-0.4, -0.2) is 40.1 Å². The fraction of sp³-hybridized carbons (Fsp3) is 0.389. The minimum absolute atomic E-state index is 0.0405. The van der Waals surface area contributed by atoms with Crippen LogP contribution in [0.4, 0.5) is 5.69 Å². The summed E-state index contributed by atoms with van der Waals surface area (Å²) in [5.74, 6) is -1.60. The third kappa shape index (κ3) is 3.10. The van der Waals surface area contributed by atoms with Crippen molar-refractivity contribution in [3.05, 3.63) is 51.6 Å². The van der Waals surface area contributed by atoms with Crippen molar-refractivity contribution in [1.29, 1.82) is 0 Å². The maximum absolute atomic E-state index is 12.6. The van der Waals surface area contributed by atoms with Crippen molar-refractivity contribution >= 4 is 23.4 Å². The Morgan fingerprint density at radius 3 is 2.77 bits per heavy atom. The number of allylic oxidation sites excluding steroid dienone is 2. The number of carbonyl (C=O) groups excluding carboxylic acids is 3. The van der Waals surface area contributed by atoms with Crippen LogP contribution < -0.4 is 5.32 Å². The lowest BCUT2D eigenvalue weighted by Crippen LogP contribution is -2.48. The van der Waals surface area contributed by atoms with Gasteiger partial charge in [-0.1, -0.05) is 18.2 Å². The van der Waals surface area contributed by atoms with Crippen LogP contribution in [0, 0.1) is 16.0 Å². The molecule has 8 nitrogen and oxygen atoms in total. The third-order valence-electron chi connectivity index (χ3n) is 4.83. The number of fused-ring (bicyclic) bond motifs is 1. The van der Waals surface area contributed by atoms with E-state index in [9.17, 15) is 24.5 Å². The highest BCUT2D eigenvalue weighted by Gasteiger charge is 2.44. The Morgan fingerprint density at radius 2 is 2.12 bits per heavy atom. The van der Waals surface area contributed by atoms with Crippen LogP contribution in [0.15, 0.2) is 30.4 Å². The first-order chi connectivity index (χ1) is 12.4. The van der Waals surface area contributed by atoms with Gasteiger partial charge in [0.1, 0.15) is 11.6 Å². The molecule has 0 saturated carbocycles. The number of hydrogen-bond acceptors (Lipinski definition) is 5. The molecule has 3 amide bonds. The van der Waals surface area contributed by atoms with Crippen LogP contribution in [0.2, 0.25) is 0 Å². The number of benzene rings is 1. The Bertz CT molecular complexity index is 817. The highest BCUT2D eigenvalue weighted by atomic mass is 16.6. The number of nitro groups is 1. The van der Waals surface area contributed by atoms with Gasteiger partial charge < -0.3 is 5.32 Å². The summed E-state index contributed by atoms with van der Waals surface area (Å²) < 4.78 is 0. The van der Waals surface area contributed by atoms with Gasteiger partial charge in [-0.25, -0.2) is 0 Å². The fourth-order valence-electron chi connectivity index (χ4n) is 3.34. The van der Waals surface area contributed by atoms with E-state index in [0.717, 1.165) is 24.2 Å². The van der Waals surface area contributed by atoms with E-state index in [0.29, 0.717) is 12.5 Å². The Hall–Kier alpha value is -3.03. The highest BCUT2D eigenvalue weighted by molar-refractivity contribution is 6.24. The molecule has 0 saturated heterocycles. The second kappa shape index (κ2) is 7.07. The van der Waals surface area contributed by atoms with Gasteiger partial charge in [0.25, 0.3) is 17.5 Å². The van der Waals surface area contributed by atoms with Crippen molar-refractivity contribution in [1.82, 2.24) is 10.2 Å². The number of hydrogen-bond donors (Lipinski definition) is 1. The van der Waals surface area contributed by atoms with Gasteiger partial charge in [-0.3, -0.25) is 29.4 Å². The predicted octanol–water partition coefficient (Wildman–Crippen LogP) is 2.05. The first-order valence-electron chi connectivity index (χ1n) is 8.49. The lowest BCUT2D eigenvalue weighted by Gasteiger charge is -2.24. The van der Waals surface area contributed by atoms with Crippen LogP contribution in [0.5, 0.6) is 0 Å². The molecule has 1 heterocycles. The Kier molecular flexibility index (Phi) is 4.83. The van der Waals surface area contributed by atoms with E-state index < -0.39 is 34.4 Å². The van der Waals surface area contributed by atoms with E-state index in [1.54, 1.807) is 0 Å². The van der Waals surface area contributed by atoms with E-state index in [2.05, 4.69) is 17.5 Å². The van der Waals surface area contributed by atoms with Crippen molar-refractivity contribution in [3.8, 4) is 0 Å². The van der Waals surface area contributed by atoms with E-state index >= 15 is 0 Å². The van der Waals surface area contributed by atoms with Crippen molar-refractivity contribution in [2.45, 2.75) is 32.2 Å². The number of nitro benzene ring substituents is 1. The molecule has 1 aliphatic heterocycles. The van der Waals surface area contributed by atoms with Gasteiger partial charge in [-0.2, -0.15) is 0 Å². The summed E-state index contributed by atoms with van der Waals surface area (Å²) in [6, 6.07) is 2.85. The van der Waals surface area contributed by atoms with Gasteiger partial charge in [-0.05, 0) is 38.2 Å². The lowest BCUT2D eigenvalue weighted by atomic mass is 9.94. The second-order valence-electron chi connectivity index (χ2n) is 6.51. The summed E-state index contributed by atoms with van der Waals surface area (Å²) in [5.41, 5.74) is -0.717. The van der Waals surface area contributed by atoms with Crippen LogP contribution in [0.1, 0.15) is 46.9 Å². The van der Waals surface area contributed by atoms with Gasteiger partial charge in [0, 0.05) is 12.6 Å². The minimum atomic E-state index is -1.04. The molecule has 8 heteroatoms. The summed E-state index contributed by atoms with van der Waals surface area (Å²) >= 11 is 0. The third-order valence-corrected chi connectivity index (χ3v) is 4.83. The Balaban J connectivity index is 1.74. The highest BCUT2D eigenvalue weighted by Crippen LogP contribution is 2.31. The molecule has 0 fully saturated rings. The first-order valence-corrected chi connectivity index (χ1v) is 8.49. The van der Waals surface area contributed by atoms with E-state index in [1.165, 1.54) is 25.1 Å². The van der Waals surface area contributed by atoms with Crippen molar-refractivity contribution in [2.75, 3.05) is 6.54 Å². The number of rotatable bonds is 5. The summed E-state index contributed by atoms with van der Waals surface area (Å²) in [7, 11) is 0. The smallest absolute Gasteiger partial charge is 0.282 e. The Morgan fingerprint density at radius 1 is 1.35 bits per heavy atom. The van der Waals surface area contributed by atoms with Crippen molar-refractivity contribution in [2.24, 2.45) is 5.92 Å². The lowest BCUT2D eigenvalue weighted by molar-refractivity contribution is -0.385. The first kappa shape index (κ1) is 17.8. The average Bonchev–Trinajstić information content (AvgIpc) is 2.90. The molecule has 136 valence electrons. The second-order valence-corrected chi connectivity index (χ2v) is 6.51. The molecule has 26 heavy (non-hydrogen) atoms. The molecule has 0 aromatic heterocycles. The molecule has 1 N–H and O–H groups in total. The van der Waals surface area contributed by atoms with Crippen molar-refractivity contribution in [3.63, 3.8) is 0 Å². The summed E-state index contributed by atoms with van der Waals surface area (Å²) in [4.78, 5) is 48.8. The summed E-state index contributed by atoms with van der Waals surface area (Å²) in [6.45, 7) is 1.92. The zero-order valence-electron chi connectivity index (χ0n) is 14.3. The largest absolute Gasteiger partial charge is 0.354 e. The summed E-state index contributed by atoms with van der Waals surface area (Å²) in [5, 5.41) is 13.9. The maximum Gasteiger partial charge on any atom is 0.282 e. The number of nitrogens with zero attached hydrogens (tertiary/aromatic N) is 2. The van der Waals surface area contributed by atoms with E-state index in [-0.39, 0.29) is 11.1 Å². The number of nitrogens with one attached hydrogen (secondary N) is 1. The normalized spacial score (nSPS) is 20.0. The van der Waals surface area contributed by atoms with Gasteiger partial charge in [0.15, 0.2) is 0 Å². The maximum atomic E-state index is 12.6. The summed E-state index contributed by atoms with van der Waals surface area (Å²) in [6.07, 6.45) is 7.01. The minimum Gasteiger partial charge on any atom is -0.354 e. The zero-order valence-corrected chi connectivity index (χ0v) is 14.3. The standard InChI is InChI=1S/C18H19N3O5/c1-11(16(22)19-10-12-6-3-2-4-7-12)20-17(23)13-8-5-9-14(21(25)26)15(13)18(20)24/h2-3,5,8-9,11-12H,4,6-7,10H2,1H3,(H,19,22). The molecule has 1 aliphatic carbocycles. The van der Waals surface area contributed by atoms with Gasteiger partial charge in [0.2, 0.25) is 5.91 Å². The van der Waals surface area contributed by atoms with Crippen LogP contribution in [0.25, 0.3) is 0 Å².